The predicted octanol–water partition coefficient (Wildman–Crippen LogP) is 1.61. The van der Waals surface area contributed by atoms with Crippen molar-refractivity contribution in [3.63, 3.8) is 0 Å². The molecule has 0 aromatic rings. The van der Waals surface area contributed by atoms with Crippen LogP contribution in [0.2, 0.25) is 0 Å². The molecule has 1 saturated heterocycles. The van der Waals surface area contributed by atoms with E-state index in [9.17, 15) is 18.3 Å². The molecule has 0 amide bonds. The van der Waals surface area contributed by atoms with Crippen LogP contribution >= 0.6 is 0 Å². The molecule has 4 nitrogen and oxygen atoms in total. The van der Waals surface area contributed by atoms with Gasteiger partial charge in [-0.3, -0.25) is 0 Å². The lowest BCUT2D eigenvalue weighted by molar-refractivity contribution is -0.268. The van der Waals surface area contributed by atoms with Crippen molar-refractivity contribution in [1.82, 2.24) is 0 Å². The maximum atomic E-state index is 12.4. The molecule has 0 radical (unpaired) electrons. The Balaban J connectivity index is 1.97. The van der Waals surface area contributed by atoms with Crippen molar-refractivity contribution in [2.24, 2.45) is 0 Å². The van der Waals surface area contributed by atoms with E-state index >= 15 is 0 Å². The lowest BCUT2D eigenvalue weighted by Gasteiger charge is -2.39. The van der Waals surface area contributed by atoms with Crippen LogP contribution in [0.25, 0.3) is 0 Å². The van der Waals surface area contributed by atoms with Crippen LogP contribution in [0.5, 0.6) is 0 Å². The van der Waals surface area contributed by atoms with Crippen molar-refractivity contribution in [3.05, 3.63) is 0 Å². The summed E-state index contributed by atoms with van der Waals surface area (Å²) >= 11 is 0. The summed E-state index contributed by atoms with van der Waals surface area (Å²) in [7, 11) is 0. The molecule has 3 unspecified atom stereocenters. The fourth-order valence-corrected chi connectivity index (χ4v) is 2.34. The van der Waals surface area contributed by atoms with Crippen LogP contribution in [0.15, 0.2) is 0 Å². The second-order valence-corrected chi connectivity index (χ2v) is 4.78. The molecule has 2 rings (SSSR count). The first-order chi connectivity index (χ1) is 8.32. The number of alkyl halides is 3. The minimum atomic E-state index is -4.43. The average Bonchev–Trinajstić information content (AvgIpc) is 2.71. The third kappa shape index (κ3) is 2.96. The van der Waals surface area contributed by atoms with E-state index in [2.05, 4.69) is 0 Å². The van der Waals surface area contributed by atoms with Crippen LogP contribution in [0.4, 0.5) is 13.2 Å². The minimum absolute atomic E-state index is 0.134. The first-order valence-corrected chi connectivity index (χ1v) is 6.01. The topological polar surface area (TPSA) is 47.9 Å². The Morgan fingerprint density at radius 3 is 2.50 bits per heavy atom. The van der Waals surface area contributed by atoms with Crippen molar-refractivity contribution < 1.29 is 32.5 Å². The van der Waals surface area contributed by atoms with Gasteiger partial charge >= 0.3 is 6.18 Å². The van der Waals surface area contributed by atoms with Crippen LogP contribution in [-0.4, -0.2) is 48.6 Å². The van der Waals surface area contributed by atoms with Gasteiger partial charge in [-0.15, -0.1) is 0 Å². The summed E-state index contributed by atoms with van der Waals surface area (Å²) in [5, 5.41) is 9.72. The summed E-state index contributed by atoms with van der Waals surface area (Å²) in [6, 6.07) is 0. The second-order valence-electron chi connectivity index (χ2n) is 4.78. The predicted molar refractivity (Wildman–Crippen MR) is 54.9 cm³/mol. The smallest absolute Gasteiger partial charge is 0.390 e. The molecule has 1 heterocycles. The van der Waals surface area contributed by atoms with E-state index in [0.717, 1.165) is 6.92 Å². The zero-order valence-corrected chi connectivity index (χ0v) is 10.1. The summed E-state index contributed by atoms with van der Waals surface area (Å²) in [5.74, 6) is -0.866. The van der Waals surface area contributed by atoms with Crippen molar-refractivity contribution in [3.8, 4) is 0 Å². The highest BCUT2D eigenvalue weighted by Gasteiger charge is 2.48. The van der Waals surface area contributed by atoms with Crippen LogP contribution in [0.1, 0.15) is 26.2 Å². The van der Waals surface area contributed by atoms with Gasteiger partial charge in [0.2, 0.25) is 0 Å². The van der Waals surface area contributed by atoms with E-state index in [1.165, 1.54) is 0 Å². The molecular weight excluding hydrogens is 253 g/mol. The molecule has 0 bridgehead atoms. The molecular formula is C11H17F3O4. The molecule has 1 N–H and O–H groups in total. The molecule has 3 atom stereocenters. The number of hydrogen-bond acceptors (Lipinski definition) is 4. The average molecular weight is 270 g/mol. The summed E-state index contributed by atoms with van der Waals surface area (Å²) in [5.41, 5.74) is 0. The zero-order chi connectivity index (χ0) is 13.4. The monoisotopic (exact) mass is 270 g/mol. The first kappa shape index (κ1) is 14.0. The maximum absolute atomic E-state index is 12.4. The van der Waals surface area contributed by atoms with Gasteiger partial charge in [0.25, 0.3) is 0 Å². The highest BCUT2D eigenvalue weighted by atomic mass is 19.4. The summed E-state index contributed by atoms with van der Waals surface area (Å²) in [6.07, 6.45) is -7.23. The normalized spacial score (nSPS) is 33.8. The highest BCUT2D eigenvalue weighted by molar-refractivity contribution is 4.89. The first-order valence-electron chi connectivity index (χ1n) is 6.01. The van der Waals surface area contributed by atoms with Gasteiger partial charge in [-0.1, -0.05) is 0 Å². The molecule has 0 aromatic carbocycles. The number of hydrogen-bond donors (Lipinski definition) is 1. The van der Waals surface area contributed by atoms with Crippen molar-refractivity contribution in [1.29, 1.82) is 0 Å². The SMILES string of the molecule is CC(OC1CC2(CCC1O)OCCO2)C(F)(F)F. The number of halogens is 3. The van der Waals surface area contributed by atoms with Gasteiger partial charge < -0.3 is 19.3 Å². The van der Waals surface area contributed by atoms with E-state index in [0.29, 0.717) is 26.1 Å². The molecule has 2 aliphatic rings. The Morgan fingerprint density at radius 2 is 1.94 bits per heavy atom. The fraction of sp³-hybridized carbons (Fsp3) is 1.00. The number of aliphatic hydroxyl groups is 1. The van der Waals surface area contributed by atoms with Gasteiger partial charge in [0.15, 0.2) is 11.9 Å². The lowest BCUT2D eigenvalue weighted by atomic mass is 9.89. The molecule has 7 heteroatoms. The third-order valence-electron chi connectivity index (χ3n) is 3.42. The molecule has 0 aromatic heterocycles. The molecule has 106 valence electrons. The van der Waals surface area contributed by atoms with Crippen molar-refractivity contribution >= 4 is 0 Å². The van der Waals surface area contributed by atoms with Gasteiger partial charge in [-0.25, -0.2) is 0 Å². The van der Waals surface area contributed by atoms with E-state index in [1.807, 2.05) is 0 Å². The molecule has 1 aliphatic carbocycles. The standard InChI is InChI=1S/C11H17F3O4/c1-7(11(12,13)14)18-9-6-10(3-2-8(9)15)16-4-5-17-10/h7-9,15H,2-6H2,1H3. The Kier molecular flexibility index (Phi) is 3.87. The van der Waals surface area contributed by atoms with E-state index in [-0.39, 0.29) is 6.42 Å². The van der Waals surface area contributed by atoms with Crippen LogP contribution in [0, 0.1) is 0 Å². The Morgan fingerprint density at radius 1 is 1.33 bits per heavy atom. The largest absolute Gasteiger partial charge is 0.414 e. The summed E-state index contributed by atoms with van der Waals surface area (Å²) in [6.45, 7) is 1.79. The molecule has 2 fully saturated rings. The highest BCUT2D eigenvalue weighted by Crippen LogP contribution is 2.38. The van der Waals surface area contributed by atoms with Gasteiger partial charge in [0, 0.05) is 12.8 Å². The maximum Gasteiger partial charge on any atom is 0.414 e. The number of ether oxygens (including phenoxy) is 3. The zero-order valence-electron chi connectivity index (χ0n) is 10.1. The Bertz CT molecular complexity index is 289. The minimum Gasteiger partial charge on any atom is -0.390 e. The summed E-state index contributed by atoms with van der Waals surface area (Å²) < 4.78 is 53.1. The Hall–Kier alpha value is -0.370. The van der Waals surface area contributed by atoms with Crippen molar-refractivity contribution in [2.45, 2.75) is 56.5 Å². The lowest BCUT2D eigenvalue weighted by Crippen LogP contribution is -2.49. The quantitative estimate of drug-likeness (QED) is 0.828. The fourth-order valence-electron chi connectivity index (χ4n) is 2.34. The number of aliphatic hydroxyl groups excluding tert-OH is 1. The molecule has 1 aliphatic heterocycles. The van der Waals surface area contributed by atoms with Gasteiger partial charge in [-0.05, 0) is 13.3 Å². The van der Waals surface area contributed by atoms with Gasteiger partial charge in [0.05, 0.1) is 25.4 Å². The Labute approximate surface area is 103 Å². The van der Waals surface area contributed by atoms with Crippen LogP contribution < -0.4 is 0 Å². The van der Waals surface area contributed by atoms with Gasteiger partial charge in [0.1, 0.15) is 0 Å². The van der Waals surface area contributed by atoms with Crippen molar-refractivity contribution in [2.75, 3.05) is 13.2 Å². The number of rotatable bonds is 2. The van der Waals surface area contributed by atoms with E-state index < -0.39 is 30.3 Å². The van der Waals surface area contributed by atoms with Gasteiger partial charge in [-0.2, -0.15) is 13.2 Å². The molecule has 1 saturated carbocycles. The van der Waals surface area contributed by atoms with Crippen LogP contribution in [0.3, 0.4) is 0 Å². The third-order valence-corrected chi connectivity index (χ3v) is 3.42. The molecule has 1 spiro atoms. The van der Waals surface area contributed by atoms with E-state index in [4.69, 9.17) is 14.2 Å². The second kappa shape index (κ2) is 4.96. The molecule has 18 heavy (non-hydrogen) atoms. The van der Waals surface area contributed by atoms with E-state index in [1.54, 1.807) is 0 Å². The van der Waals surface area contributed by atoms with Crippen LogP contribution in [-0.2, 0) is 14.2 Å². The summed E-state index contributed by atoms with van der Waals surface area (Å²) in [4.78, 5) is 0.